The number of hydrogen-bond acceptors (Lipinski definition) is 5. The van der Waals surface area contributed by atoms with E-state index < -0.39 is 5.97 Å². The predicted octanol–water partition coefficient (Wildman–Crippen LogP) is 1.72. The summed E-state index contributed by atoms with van der Waals surface area (Å²) in [6.45, 7) is 2.04. The highest BCUT2D eigenvalue weighted by Crippen LogP contribution is 2.14. The van der Waals surface area contributed by atoms with Crippen LogP contribution in [-0.4, -0.2) is 27.5 Å². The third kappa shape index (κ3) is 2.63. The third-order valence-electron chi connectivity index (χ3n) is 2.07. The molecule has 0 fully saturated rings. The van der Waals surface area contributed by atoms with E-state index in [0.717, 1.165) is 5.56 Å². The van der Waals surface area contributed by atoms with Gasteiger partial charge in [-0.05, 0) is 25.1 Å². The highest BCUT2D eigenvalue weighted by atomic mass is 16.5. The first kappa shape index (κ1) is 11.2. The molecule has 2 aromatic heterocycles. The van der Waals surface area contributed by atoms with Crippen LogP contribution in [-0.2, 0) is 4.74 Å². The largest absolute Gasteiger partial charge is 0.460 e. The van der Waals surface area contributed by atoms with E-state index in [1.165, 1.54) is 6.20 Å². The molecule has 0 aliphatic carbocycles. The fraction of sp³-hybridized carbons (Fsp3) is 0.167. The summed E-state index contributed by atoms with van der Waals surface area (Å²) in [6, 6.07) is 5.39. The molecule has 5 heteroatoms. The Morgan fingerprint density at radius 3 is 2.94 bits per heavy atom. The minimum Gasteiger partial charge on any atom is -0.460 e. The van der Waals surface area contributed by atoms with Gasteiger partial charge in [0.25, 0.3) is 0 Å². The Balaban J connectivity index is 2.32. The first-order valence-electron chi connectivity index (χ1n) is 5.22. The summed E-state index contributed by atoms with van der Waals surface area (Å²) in [6.07, 6.45) is 4.88. The van der Waals surface area contributed by atoms with Gasteiger partial charge in [-0.15, -0.1) is 0 Å². The van der Waals surface area contributed by atoms with Crippen molar-refractivity contribution in [3.05, 3.63) is 42.6 Å². The van der Waals surface area contributed by atoms with Crippen molar-refractivity contribution >= 4 is 5.97 Å². The van der Waals surface area contributed by atoms with Crippen LogP contribution in [0.5, 0.6) is 0 Å². The van der Waals surface area contributed by atoms with Gasteiger partial charge in [0, 0.05) is 24.2 Å². The second-order valence-electron chi connectivity index (χ2n) is 3.23. The molecule has 86 valence electrons. The van der Waals surface area contributed by atoms with E-state index in [1.54, 1.807) is 25.4 Å². The zero-order valence-electron chi connectivity index (χ0n) is 9.33. The van der Waals surface area contributed by atoms with Crippen LogP contribution in [0.3, 0.4) is 0 Å². The van der Waals surface area contributed by atoms with Crippen LogP contribution in [0, 0.1) is 0 Å². The molecule has 5 nitrogen and oxygen atoms in total. The van der Waals surface area contributed by atoms with E-state index in [4.69, 9.17) is 4.74 Å². The van der Waals surface area contributed by atoms with Crippen molar-refractivity contribution < 1.29 is 9.53 Å². The second kappa shape index (κ2) is 5.16. The van der Waals surface area contributed by atoms with Crippen molar-refractivity contribution in [2.45, 2.75) is 6.92 Å². The molecule has 0 aromatic carbocycles. The van der Waals surface area contributed by atoms with E-state index >= 15 is 0 Å². The molecule has 0 saturated heterocycles. The predicted molar refractivity (Wildman–Crippen MR) is 61.2 cm³/mol. The summed E-state index contributed by atoms with van der Waals surface area (Å²) >= 11 is 0. The fourth-order valence-corrected chi connectivity index (χ4v) is 1.33. The van der Waals surface area contributed by atoms with Gasteiger partial charge >= 0.3 is 5.97 Å². The van der Waals surface area contributed by atoms with Gasteiger partial charge in [0.05, 0.1) is 12.3 Å². The van der Waals surface area contributed by atoms with Gasteiger partial charge in [-0.2, -0.15) is 0 Å². The van der Waals surface area contributed by atoms with E-state index in [9.17, 15) is 4.79 Å². The van der Waals surface area contributed by atoms with Crippen LogP contribution in [0.4, 0.5) is 0 Å². The molecule has 0 aliphatic rings. The molecule has 0 saturated carbocycles. The molecule has 2 aromatic rings. The Bertz CT molecular complexity index is 514. The van der Waals surface area contributed by atoms with Crippen molar-refractivity contribution in [2.24, 2.45) is 0 Å². The number of nitrogens with zero attached hydrogens (tertiary/aromatic N) is 3. The molecular formula is C12H11N3O2. The van der Waals surface area contributed by atoms with Gasteiger partial charge in [-0.3, -0.25) is 4.98 Å². The lowest BCUT2D eigenvalue weighted by atomic mass is 10.2. The average Bonchev–Trinajstić information content (AvgIpc) is 2.40. The maximum Gasteiger partial charge on any atom is 0.376 e. The number of ether oxygens (including phenoxy) is 1. The van der Waals surface area contributed by atoms with Gasteiger partial charge in [0.2, 0.25) is 5.82 Å². The zero-order valence-corrected chi connectivity index (χ0v) is 9.33. The van der Waals surface area contributed by atoms with Crippen LogP contribution in [0.25, 0.3) is 11.3 Å². The molecule has 2 rings (SSSR count). The SMILES string of the molecule is CCOC(=O)c1nccc(-c2cccnc2)n1. The standard InChI is InChI=1S/C12H11N3O2/c1-2-17-12(16)11-14-7-5-10(15-11)9-4-3-6-13-8-9/h3-8H,2H2,1H3. The van der Waals surface area contributed by atoms with E-state index in [1.807, 2.05) is 12.1 Å². The Morgan fingerprint density at radius 2 is 2.24 bits per heavy atom. The van der Waals surface area contributed by atoms with Gasteiger partial charge in [0.1, 0.15) is 0 Å². The lowest BCUT2D eigenvalue weighted by Gasteiger charge is -2.02. The fourth-order valence-electron chi connectivity index (χ4n) is 1.33. The normalized spacial score (nSPS) is 9.94. The molecule has 17 heavy (non-hydrogen) atoms. The Labute approximate surface area is 98.5 Å². The number of pyridine rings is 1. The highest BCUT2D eigenvalue weighted by molar-refractivity contribution is 5.85. The number of rotatable bonds is 3. The third-order valence-corrected chi connectivity index (χ3v) is 2.07. The van der Waals surface area contributed by atoms with E-state index in [-0.39, 0.29) is 5.82 Å². The molecule has 0 unspecified atom stereocenters. The summed E-state index contributed by atoms with van der Waals surface area (Å²) in [4.78, 5) is 23.5. The second-order valence-corrected chi connectivity index (χ2v) is 3.23. The summed E-state index contributed by atoms with van der Waals surface area (Å²) in [5, 5.41) is 0. The molecule has 0 bridgehead atoms. The van der Waals surface area contributed by atoms with Crippen LogP contribution >= 0.6 is 0 Å². The number of esters is 1. The maximum absolute atomic E-state index is 11.5. The summed E-state index contributed by atoms with van der Waals surface area (Å²) in [5.41, 5.74) is 1.48. The van der Waals surface area contributed by atoms with Crippen LogP contribution in [0.15, 0.2) is 36.8 Å². The number of aromatic nitrogens is 3. The van der Waals surface area contributed by atoms with Gasteiger partial charge in [-0.25, -0.2) is 14.8 Å². The average molecular weight is 229 g/mol. The lowest BCUT2D eigenvalue weighted by Crippen LogP contribution is -2.09. The van der Waals surface area contributed by atoms with Gasteiger partial charge in [0.15, 0.2) is 0 Å². The molecule has 2 heterocycles. The number of carbonyl (C=O) groups excluding carboxylic acids is 1. The minimum absolute atomic E-state index is 0.0632. The van der Waals surface area contributed by atoms with Crippen molar-refractivity contribution in [1.29, 1.82) is 0 Å². The monoisotopic (exact) mass is 229 g/mol. The molecule has 0 N–H and O–H groups in total. The molecule has 0 aliphatic heterocycles. The summed E-state index contributed by atoms with van der Waals surface area (Å²) in [7, 11) is 0. The van der Waals surface area contributed by atoms with Crippen LogP contribution in [0.1, 0.15) is 17.5 Å². The van der Waals surface area contributed by atoms with Gasteiger partial charge in [-0.1, -0.05) is 0 Å². The smallest absolute Gasteiger partial charge is 0.376 e. The van der Waals surface area contributed by atoms with Crippen molar-refractivity contribution in [3.63, 3.8) is 0 Å². The minimum atomic E-state index is -0.516. The molecule has 0 atom stereocenters. The first-order valence-corrected chi connectivity index (χ1v) is 5.22. The topological polar surface area (TPSA) is 65.0 Å². The van der Waals surface area contributed by atoms with Crippen molar-refractivity contribution in [3.8, 4) is 11.3 Å². The molecule has 0 radical (unpaired) electrons. The lowest BCUT2D eigenvalue weighted by molar-refractivity contribution is 0.0512. The van der Waals surface area contributed by atoms with Gasteiger partial charge < -0.3 is 4.74 Å². The number of hydrogen-bond donors (Lipinski definition) is 0. The first-order chi connectivity index (χ1) is 8.31. The van der Waals surface area contributed by atoms with E-state index in [0.29, 0.717) is 12.3 Å². The Kier molecular flexibility index (Phi) is 3.40. The summed E-state index contributed by atoms with van der Waals surface area (Å²) < 4.78 is 4.84. The quantitative estimate of drug-likeness (QED) is 0.750. The zero-order chi connectivity index (χ0) is 12.1. The van der Waals surface area contributed by atoms with Crippen molar-refractivity contribution in [2.75, 3.05) is 6.61 Å². The Hall–Kier alpha value is -2.30. The molecule has 0 amide bonds. The maximum atomic E-state index is 11.5. The highest BCUT2D eigenvalue weighted by Gasteiger charge is 2.11. The molecule has 0 spiro atoms. The van der Waals surface area contributed by atoms with Crippen LogP contribution in [0.2, 0.25) is 0 Å². The molecular weight excluding hydrogens is 218 g/mol. The number of carbonyl (C=O) groups is 1. The van der Waals surface area contributed by atoms with Crippen LogP contribution < -0.4 is 0 Å². The Morgan fingerprint density at radius 1 is 1.35 bits per heavy atom. The van der Waals surface area contributed by atoms with Crippen molar-refractivity contribution in [1.82, 2.24) is 15.0 Å². The van der Waals surface area contributed by atoms with E-state index in [2.05, 4.69) is 15.0 Å². The summed E-state index contributed by atoms with van der Waals surface area (Å²) in [5.74, 6) is -0.452.